The van der Waals surface area contributed by atoms with Gasteiger partial charge >= 0.3 is 5.97 Å². The van der Waals surface area contributed by atoms with Gasteiger partial charge in [0.15, 0.2) is 0 Å². The monoisotopic (exact) mass is 502 g/mol. The maximum Gasteiger partial charge on any atom is 0.336 e. The molecule has 35 heavy (non-hydrogen) atoms. The van der Waals surface area contributed by atoms with Gasteiger partial charge in [0.05, 0.1) is 22.8 Å². The van der Waals surface area contributed by atoms with Crippen molar-refractivity contribution in [3.05, 3.63) is 106 Å². The molecule has 1 unspecified atom stereocenters. The van der Waals surface area contributed by atoms with Crippen LogP contribution in [0.25, 0.3) is 23.1 Å². The number of halogens is 1. The molecule has 0 aliphatic carbocycles. The molecular formula is C28H23ClN2O3S. The molecule has 0 aliphatic rings. The maximum atomic E-state index is 11.9. The van der Waals surface area contributed by atoms with E-state index in [0.717, 1.165) is 27.7 Å². The number of benzene rings is 3. The van der Waals surface area contributed by atoms with Gasteiger partial charge in [0, 0.05) is 28.0 Å². The number of pyridine rings is 1. The topological polar surface area (TPSA) is 79.3 Å². The quantitative estimate of drug-likeness (QED) is 0.261. The summed E-state index contributed by atoms with van der Waals surface area (Å²) in [6.07, 6.45) is 3.91. The van der Waals surface area contributed by atoms with E-state index in [4.69, 9.17) is 11.6 Å². The first-order chi connectivity index (χ1) is 16.9. The van der Waals surface area contributed by atoms with Crippen LogP contribution in [0, 0.1) is 0 Å². The third kappa shape index (κ3) is 6.50. The van der Waals surface area contributed by atoms with Gasteiger partial charge in [0.1, 0.15) is 0 Å². The minimum atomic E-state index is -0.971. The number of carbonyl (C=O) groups is 2. The first kappa shape index (κ1) is 24.5. The molecule has 0 radical (unpaired) electrons. The van der Waals surface area contributed by atoms with Crippen LogP contribution in [0.5, 0.6) is 0 Å². The van der Waals surface area contributed by atoms with Crippen LogP contribution in [0.1, 0.15) is 40.1 Å². The number of carbonyl (C=O) groups excluding carboxylic acids is 1. The highest BCUT2D eigenvalue weighted by atomic mass is 35.5. The van der Waals surface area contributed by atoms with Crippen LogP contribution < -0.4 is 5.32 Å². The Balaban J connectivity index is 1.54. The van der Waals surface area contributed by atoms with Crippen molar-refractivity contribution in [1.29, 1.82) is 0 Å². The average Bonchev–Trinajstić information content (AvgIpc) is 2.85. The Bertz CT molecular complexity index is 1420. The molecule has 176 valence electrons. The van der Waals surface area contributed by atoms with E-state index in [1.807, 2.05) is 72.8 Å². The Morgan fingerprint density at radius 3 is 2.63 bits per heavy atom. The lowest BCUT2D eigenvalue weighted by atomic mass is 10.0. The lowest BCUT2D eigenvalue weighted by Gasteiger charge is -2.19. The van der Waals surface area contributed by atoms with Crippen molar-refractivity contribution in [3.8, 4) is 0 Å². The number of nitrogens with one attached hydrogen (secondary N) is 1. The Morgan fingerprint density at radius 2 is 1.83 bits per heavy atom. The summed E-state index contributed by atoms with van der Waals surface area (Å²) < 4.78 is 0. The van der Waals surface area contributed by atoms with Gasteiger partial charge in [-0.25, -0.2) is 9.78 Å². The molecule has 0 bridgehead atoms. The highest BCUT2D eigenvalue weighted by Crippen LogP contribution is 2.28. The number of hydrogen-bond acceptors (Lipinski definition) is 4. The molecule has 1 atom stereocenters. The van der Waals surface area contributed by atoms with Gasteiger partial charge in [0.25, 0.3) is 0 Å². The highest BCUT2D eigenvalue weighted by molar-refractivity contribution is 7.99. The third-order valence-corrected chi connectivity index (χ3v) is 6.74. The molecule has 0 fully saturated rings. The van der Waals surface area contributed by atoms with E-state index in [0.29, 0.717) is 15.7 Å². The summed E-state index contributed by atoms with van der Waals surface area (Å²) >= 11 is 7.50. The van der Waals surface area contributed by atoms with Crippen molar-refractivity contribution in [1.82, 2.24) is 10.3 Å². The lowest BCUT2D eigenvalue weighted by molar-refractivity contribution is -0.119. The standard InChI is InChI=1S/C28H23ClN2O3S/c1-18(32)30-26(17-35-27-8-3-2-7-24(27)28(33)34)21-6-4-5-19(15-21)9-13-23-14-11-20-10-12-22(29)16-25(20)31-23/h2-16,26H,17H2,1H3,(H,30,32)(H,33,34)/b13-9+. The maximum absolute atomic E-state index is 11.9. The Morgan fingerprint density at radius 1 is 1.03 bits per heavy atom. The number of hydrogen-bond donors (Lipinski definition) is 2. The number of amides is 1. The molecule has 1 amide bonds. The van der Waals surface area contributed by atoms with Crippen LogP contribution in [-0.2, 0) is 4.79 Å². The summed E-state index contributed by atoms with van der Waals surface area (Å²) in [5, 5.41) is 14.1. The first-order valence-electron chi connectivity index (χ1n) is 11.0. The Kier molecular flexibility index (Phi) is 7.85. The van der Waals surface area contributed by atoms with E-state index < -0.39 is 5.97 Å². The number of carboxylic acid groups (broad SMARTS) is 1. The Labute approximate surface area is 212 Å². The normalized spacial score (nSPS) is 12.1. The zero-order valence-electron chi connectivity index (χ0n) is 18.9. The van der Waals surface area contributed by atoms with Crippen molar-refractivity contribution in [2.75, 3.05) is 5.75 Å². The van der Waals surface area contributed by atoms with Crippen molar-refractivity contribution >= 4 is 58.3 Å². The average molecular weight is 503 g/mol. The molecule has 3 aromatic carbocycles. The van der Waals surface area contributed by atoms with Crippen molar-refractivity contribution in [3.63, 3.8) is 0 Å². The summed E-state index contributed by atoms with van der Waals surface area (Å²) in [5.41, 5.74) is 3.78. The molecule has 0 aliphatic heterocycles. The number of thioether (sulfide) groups is 1. The molecule has 7 heteroatoms. The fraction of sp³-hybridized carbons (Fsp3) is 0.107. The second-order valence-corrected chi connectivity index (χ2v) is 9.44. The zero-order chi connectivity index (χ0) is 24.8. The molecule has 0 saturated carbocycles. The zero-order valence-corrected chi connectivity index (χ0v) is 20.5. The van der Waals surface area contributed by atoms with Crippen LogP contribution in [0.3, 0.4) is 0 Å². The van der Waals surface area contributed by atoms with E-state index in [1.165, 1.54) is 18.7 Å². The molecule has 2 N–H and O–H groups in total. The summed E-state index contributed by atoms with van der Waals surface area (Å²) in [5.74, 6) is -0.632. The van der Waals surface area contributed by atoms with Crippen LogP contribution in [-0.4, -0.2) is 27.7 Å². The minimum Gasteiger partial charge on any atom is -0.478 e. The van der Waals surface area contributed by atoms with Crippen molar-refractivity contribution in [2.24, 2.45) is 0 Å². The molecule has 0 spiro atoms. The van der Waals surface area contributed by atoms with Crippen molar-refractivity contribution < 1.29 is 14.7 Å². The van der Waals surface area contributed by atoms with E-state index in [1.54, 1.807) is 18.2 Å². The number of fused-ring (bicyclic) bond motifs is 1. The Hall–Kier alpha value is -3.61. The van der Waals surface area contributed by atoms with E-state index in [-0.39, 0.29) is 17.5 Å². The fourth-order valence-corrected chi connectivity index (χ4v) is 4.94. The van der Waals surface area contributed by atoms with Gasteiger partial charge < -0.3 is 10.4 Å². The second-order valence-electron chi connectivity index (χ2n) is 7.94. The lowest BCUT2D eigenvalue weighted by Crippen LogP contribution is -2.27. The molecule has 1 aromatic heterocycles. The summed E-state index contributed by atoms with van der Waals surface area (Å²) in [4.78, 5) is 28.7. The molecule has 1 heterocycles. The number of carboxylic acids is 1. The molecule has 4 rings (SSSR count). The molecule has 5 nitrogen and oxygen atoms in total. The van der Waals surface area contributed by atoms with Gasteiger partial charge in [-0.1, -0.05) is 60.1 Å². The summed E-state index contributed by atoms with van der Waals surface area (Å²) in [7, 11) is 0. The predicted octanol–water partition coefficient (Wildman–Crippen LogP) is 6.73. The number of aromatic nitrogens is 1. The number of rotatable bonds is 8. The molecule has 0 saturated heterocycles. The van der Waals surface area contributed by atoms with Gasteiger partial charge in [0.2, 0.25) is 5.91 Å². The van der Waals surface area contributed by atoms with Gasteiger partial charge in [-0.15, -0.1) is 11.8 Å². The molecule has 4 aromatic rings. The largest absolute Gasteiger partial charge is 0.478 e. The molecular weight excluding hydrogens is 480 g/mol. The number of nitrogens with zero attached hydrogens (tertiary/aromatic N) is 1. The van der Waals surface area contributed by atoms with Crippen LogP contribution >= 0.6 is 23.4 Å². The summed E-state index contributed by atoms with van der Waals surface area (Å²) in [6.45, 7) is 1.48. The van der Waals surface area contributed by atoms with E-state index in [9.17, 15) is 14.7 Å². The van der Waals surface area contributed by atoms with Crippen LogP contribution in [0.15, 0.2) is 83.8 Å². The van der Waals surface area contributed by atoms with Gasteiger partial charge in [-0.2, -0.15) is 0 Å². The SMILES string of the molecule is CC(=O)NC(CSc1ccccc1C(=O)O)c1cccc(/C=C/c2ccc3ccc(Cl)cc3n2)c1. The fourth-order valence-electron chi connectivity index (χ4n) is 3.67. The first-order valence-corrected chi connectivity index (χ1v) is 12.3. The van der Waals surface area contributed by atoms with Crippen molar-refractivity contribution in [2.45, 2.75) is 17.9 Å². The minimum absolute atomic E-state index is 0.151. The second kappa shape index (κ2) is 11.2. The van der Waals surface area contributed by atoms with Gasteiger partial charge in [-0.3, -0.25) is 4.79 Å². The smallest absolute Gasteiger partial charge is 0.336 e. The van der Waals surface area contributed by atoms with E-state index in [2.05, 4.69) is 10.3 Å². The van der Waals surface area contributed by atoms with Gasteiger partial charge in [-0.05, 0) is 53.6 Å². The third-order valence-electron chi connectivity index (χ3n) is 5.34. The summed E-state index contributed by atoms with van der Waals surface area (Å²) in [6, 6.07) is 24.1. The highest BCUT2D eigenvalue weighted by Gasteiger charge is 2.16. The number of aromatic carboxylic acids is 1. The van der Waals surface area contributed by atoms with Crippen LogP contribution in [0.2, 0.25) is 5.02 Å². The predicted molar refractivity (Wildman–Crippen MR) is 143 cm³/mol. The van der Waals surface area contributed by atoms with Crippen LogP contribution in [0.4, 0.5) is 0 Å². The van der Waals surface area contributed by atoms with E-state index >= 15 is 0 Å².